The van der Waals surface area contributed by atoms with E-state index in [1.165, 1.54) is 87.8 Å². The largest absolute Gasteiger partial charge is 0.491 e. The molecule has 2 heterocycles. The minimum atomic E-state index is 0.266. The van der Waals surface area contributed by atoms with Crippen molar-refractivity contribution in [3.8, 4) is 11.5 Å². The third-order valence-electron chi connectivity index (χ3n) is 12.9. The zero-order chi connectivity index (χ0) is 26.1. The number of fused-ring (bicyclic) bond motifs is 1. The molecule has 12 rings (SSSR count). The predicted octanol–water partition coefficient (Wildman–Crippen LogP) is 7.33. The summed E-state index contributed by atoms with van der Waals surface area (Å²) in [6.07, 6.45) is 17.9. The molecule has 10 aliphatic rings. The molecule has 2 unspecified atom stereocenters. The summed E-state index contributed by atoms with van der Waals surface area (Å²) in [6, 6.07) is 9.52. The van der Waals surface area contributed by atoms with Gasteiger partial charge in [-0.1, -0.05) is 0 Å². The van der Waals surface area contributed by atoms with E-state index in [-0.39, 0.29) is 12.2 Å². The van der Waals surface area contributed by atoms with Gasteiger partial charge in [0.1, 0.15) is 36.9 Å². The van der Waals surface area contributed by atoms with Crippen LogP contribution in [0.1, 0.15) is 88.2 Å². The molecule has 8 aliphatic carbocycles. The van der Waals surface area contributed by atoms with Gasteiger partial charge in [-0.3, -0.25) is 0 Å². The Balaban J connectivity index is 1.19. The summed E-state index contributed by atoms with van der Waals surface area (Å²) in [5.74, 6) is 7.70. The molecule has 0 N–H and O–H groups in total. The van der Waals surface area contributed by atoms with Crippen LogP contribution < -0.4 is 9.47 Å². The van der Waals surface area contributed by atoms with Gasteiger partial charge in [-0.25, -0.2) is 0 Å². The Labute approximate surface area is 238 Å². The van der Waals surface area contributed by atoms with Gasteiger partial charge in [-0.05, 0) is 164 Å². The topological polar surface area (TPSA) is 43.5 Å². The first kappa shape index (κ1) is 23.7. The van der Waals surface area contributed by atoms with Crippen LogP contribution in [0.3, 0.4) is 0 Å². The van der Waals surface area contributed by atoms with E-state index in [0.29, 0.717) is 24.0 Å². The summed E-state index contributed by atoms with van der Waals surface area (Å²) in [5, 5.41) is 2.76. The van der Waals surface area contributed by atoms with Gasteiger partial charge in [0.2, 0.25) is 0 Å². The van der Waals surface area contributed by atoms with Gasteiger partial charge in [0, 0.05) is 5.39 Å². The first-order valence-corrected chi connectivity index (χ1v) is 16.7. The minimum absolute atomic E-state index is 0.266. The molecule has 2 aliphatic heterocycles. The number of ether oxygens (including phenoxy) is 4. The second-order valence-electron chi connectivity index (χ2n) is 15.9. The molecule has 2 aromatic carbocycles. The Bertz CT molecular complexity index is 1280. The molecule has 4 nitrogen and oxygen atoms in total. The van der Waals surface area contributed by atoms with E-state index >= 15 is 0 Å². The van der Waals surface area contributed by atoms with Crippen LogP contribution in [0.4, 0.5) is 0 Å². The van der Waals surface area contributed by atoms with E-state index in [4.69, 9.17) is 18.9 Å². The fourth-order valence-electron chi connectivity index (χ4n) is 12.1. The van der Waals surface area contributed by atoms with Crippen LogP contribution >= 0.6 is 0 Å². The molecule has 0 aromatic heterocycles. The number of epoxide rings is 2. The van der Waals surface area contributed by atoms with Gasteiger partial charge >= 0.3 is 0 Å². The van der Waals surface area contributed by atoms with Crippen molar-refractivity contribution in [2.24, 2.45) is 35.5 Å². The third kappa shape index (κ3) is 3.77. The summed E-state index contributed by atoms with van der Waals surface area (Å²) in [4.78, 5) is 0. The molecule has 40 heavy (non-hydrogen) atoms. The first-order chi connectivity index (χ1) is 19.6. The maximum Gasteiger partial charge on any atom is 0.127 e. The number of hydrogen-bond donors (Lipinski definition) is 0. The molecule has 2 saturated heterocycles. The normalized spacial score (nSPS) is 45.3. The van der Waals surface area contributed by atoms with Gasteiger partial charge in [-0.15, -0.1) is 0 Å². The van der Waals surface area contributed by atoms with Crippen molar-refractivity contribution in [2.75, 3.05) is 26.4 Å². The SMILES string of the molecule is c1cc2c(OCC3CO3)cc(C34CC5CC(CC(C5)C3)C4)c(C34CC5CC(CC(C5)C3)C4)c2cc1OCC1CO1. The van der Waals surface area contributed by atoms with E-state index in [9.17, 15) is 0 Å². The summed E-state index contributed by atoms with van der Waals surface area (Å²) in [7, 11) is 0. The van der Waals surface area contributed by atoms with E-state index in [1.54, 1.807) is 11.1 Å². The predicted molar refractivity (Wildman–Crippen MR) is 154 cm³/mol. The Hall–Kier alpha value is -1.78. The van der Waals surface area contributed by atoms with Gasteiger partial charge < -0.3 is 18.9 Å². The molecular formula is C36H44O4. The Morgan fingerprint density at radius 3 is 1.62 bits per heavy atom. The molecule has 0 spiro atoms. The summed E-state index contributed by atoms with van der Waals surface area (Å²) in [6.45, 7) is 3.01. The lowest BCUT2D eigenvalue weighted by Gasteiger charge is -2.61. The smallest absolute Gasteiger partial charge is 0.127 e. The van der Waals surface area contributed by atoms with Crippen LogP contribution in [0, 0.1) is 35.5 Å². The van der Waals surface area contributed by atoms with Crippen LogP contribution in [-0.2, 0) is 20.3 Å². The highest BCUT2D eigenvalue weighted by Gasteiger charge is 2.57. The molecule has 4 heteroatoms. The monoisotopic (exact) mass is 540 g/mol. The highest BCUT2D eigenvalue weighted by Crippen LogP contribution is 2.67. The number of benzene rings is 2. The lowest BCUT2D eigenvalue weighted by atomic mass is 9.44. The fraction of sp³-hybridized carbons (Fsp3) is 0.722. The highest BCUT2D eigenvalue weighted by atomic mass is 16.6. The third-order valence-corrected chi connectivity index (χ3v) is 12.9. The molecule has 10 fully saturated rings. The van der Waals surface area contributed by atoms with E-state index in [2.05, 4.69) is 24.3 Å². The lowest BCUT2D eigenvalue weighted by molar-refractivity contribution is -0.0169. The van der Waals surface area contributed by atoms with Crippen LogP contribution in [-0.4, -0.2) is 38.6 Å². The van der Waals surface area contributed by atoms with Gasteiger partial charge in [0.25, 0.3) is 0 Å². The quantitative estimate of drug-likeness (QED) is 0.329. The fourth-order valence-corrected chi connectivity index (χ4v) is 12.1. The van der Waals surface area contributed by atoms with Gasteiger partial charge in [0.15, 0.2) is 0 Å². The van der Waals surface area contributed by atoms with Crippen molar-refractivity contribution < 1.29 is 18.9 Å². The average molecular weight is 541 g/mol. The van der Waals surface area contributed by atoms with Crippen molar-refractivity contribution in [3.05, 3.63) is 35.4 Å². The maximum absolute atomic E-state index is 6.68. The van der Waals surface area contributed by atoms with E-state index < -0.39 is 0 Å². The van der Waals surface area contributed by atoms with Crippen molar-refractivity contribution in [2.45, 2.75) is 100 Å². The summed E-state index contributed by atoms with van der Waals surface area (Å²) >= 11 is 0. The summed E-state index contributed by atoms with van der Waals surface area (Å²) in [5.41, 5.74) is 4.15. The molecule has 2 atom stereocenters. The zero-order valence-electron chi connectivity index (χ0n) is 23.9. The molecule has 0 amide bonds. The van der Waals surface area contributed by atoms with Crippen molar-refractivity contribution in [1.82, 2.24) is 0 Å². The highest BCUT2D eigenvalue weighted by molar-refractivity contribution is 5.94. The standard InChI is InChI=1S/C36H44O4/c1-2-30-31(9-27(1)37-17-28-18-38-28)34(36-14-24-6-25(15-36)8-26(7-24)16-36)32(10-33(30)40-20-29-19-39-29)35-11-21-3-22(12-35)5-23(4-21)13-35/h1-2,9-10,21-26,28-29H,3-8,11-20H2. The Morgan fingerprint density at radius 2 is 1.10 bits per heavy atom. The number of hydrogen-bond acceptors (Lipinski definition) is 4. The number of rotatable bonds is 8. The second-order valence-corrected chi connectivity index (χ2v) is 15.9. The molecule has 8 saturated carbocycles. The van der Waals surface area contributed by atoms with Crippen LogP contribution in [0.25, 0.3) is 10.8 Å². The minimum Gasteiger partial charge on any atom is -0.491 e. The summed E-state index contributed by atoms with van der Waals surface area (Å²) < 4.78 is 24.1. The van der Waals surface area contributed by atoms with Crippen molar-refractivity contribution >= 4 is 10.8 Å². The lowest BCUT2D eigenvalue weighted by Crippen LogP contribution is -2.52. The first-order valence-electron chi connectivity index (χ1n) is 16.7. The molecule has 212 valence electrons. The average Bonchev–Trinajstić information content (AvgIpc) is 3.84. The maximum atomic E-state index is 6.68. The molecule has 0 radical (unpaired) electrons. The van der Waals surface area contributed by atoms with Gasteiger partial charge in [0.05, 0.1) is 13.2 Å². The van der Waals surface area contributed by atoms with Crippen LogP contribution in [0.5, 0.6) is 11.5 Å². The van der Waals surface area contributed by atoms with Crippen molar-refractivity contribution in [1.29, 1.82) is 0 Å². The molecule has 2 aromatic rings. The zero-order valence-corrected chi connectivity index (χ0v) is 23.9. The Kier molecular flexibility index (Phi) is 4.99. The molecular weight excluding hydrogens is 496 g/mol. The Morgan fingerprint density at radius 1 is 0.600 bits per heavy atom. The van der Waals surface area contributed by atoms with E-state index in [1.807, 2.05) is 0 Å². The van der Waals surface area contributed by atoms with Gasteiger partial charge in [-0.2, -0.15) is 0 Å². The van der Waals surface area contributed by atoms with E-state index in [0.717, 1.165) is 60.2 Å². The second kappa shape index (κ2) is 8.40. The van der Waals surface area contributed by atoms with Crippen LogP contribution in [0.2, 0.25) is 0 Å². The van der Waals surface area contributed by atoms with Crippen molar-refractivity contribution in [3.63, 3.8) is 0 Å². The molecule has 8 bridgehead atoms. The van der Waals surface area contributed by atoms with Crippen LogP contribution in [0.15, 0.2) is 24.3 Å².